The van der Waals surface area contributed by atoms with Crippen molar-refractivity contribution in [3.63, 3.8) is 0 Å². The first-order valence-electron chi connectivity index (χ1n) is 9.74. The summed E-state index contributed by atoms with van der Waals surface area (Å²) in [6, 6.07) is 24.7. The number of benzene rings is 2. The maximum absolute atomic E-state index is 4.86. The van der Waals surface area contributed by atoms with E-state index in [1.165, 1.54) is 0 Å². The summed E-state index contributed by atoms with van der Waals surface area (Å²) in [6.45, 7) is 4.05. The highest BCUT2D eigenvalue weighted by molar-refractivity contribution is 5.67. The quantitative estimate of drug-likeness (QED) is 0.372. The van der Waals surface area contributed by atoms with E-state index in [0.29, 0.717) is 0 Å². The summed E-state index contributed by atoms with van der Waals surface area (Å²) in [5, 5.41) is 0. The molecule has 2 aromatic carbocycles. The summed E-state index contributed by atoms with van der Waals surface area (Å²) in [5.41, 5.74) is 6.19. The SMILES string of the molecule is C/C=C\C=C/c1c(C)nc(-c2ccc(-c3ccccc3)cn2)n1-c1ccccc1. The van der Waals surface area contributed by atoms with E-state index >= 15 is 0 Å². The van der Waals surface area contributed by atoms with Gasteiger partial charge in [-0.05, 0) is 43.7 Å². The van der Waals surface area contributed by atoms with Gasteiger partial charge in [0.15, 0.2) is 5.82 Å². The van der Waals surface area contributed by atoms with Crippen LogP contribution in [-0.4, -0.2) is 14.5 Å². The van der Waals surface area contributed by atoms with Gasteiger partial charge in [0, 0.05) is 17.4 Å². The monoisotopic (exact) mass is 377 g/mol. The molecule has 2 aromatic heterocycles. The maximum atomic E-state index is 4.86. The van der Waals surface area contributed by atoms with Crippen LogP contribution in [0.25, 0.3) is 34.4 Å². The molecule has 2 heterocycles. The standard InChI is InChI=1S/C26H23N3/c1-3-4-7-16-25-20(2)28-26(29(25)23-14-10-6-11-15-23)24-18-17-22(19-27-24)21-12-8-5-9-13-21/h3-19H,1-2H3/b4-3-,16-7-. The number of pyridine rings is 1. The van der Waals surface area contributed by atoms with E-state index in [0.717, 1.165) is 39.7 Å². The molecule has 0 aliphatic carbocycles. The van der Waals surface area contributed by atoms with Crippen LogP contribution >= 0.6 is 0 Å². The minimum Gasteiger partial charge on any atom is -0.291 e. The molecule has 0 aliphatic heterocycles. The third-order valence-electron chi connectivity index (χ3n) is 4.77. The maximum Gasteiger partial charge on any atom is 0.164 e. The average Bonchev–Trinajstić information content (AvgIpc) is 3.11. The van der Waals surface area contributed by atoms with Crippen LogP contribution in [0.4, 0.5) is 0 Å². The molecule has 0 radical (unpaired) electrons. The Kier molecular flexibility index (Phi) is 5.48. The van der Waals surface area contributed by atoms with E-state index < -0.39 is 0 Å². The number of allylic oxidation sites excluding steroid dienone is 3. The molecule has 142 valence electrons. The minimum absolute atomic E-state index is 0.841. The molecule has 0 saturated carbocycles. The van der Waals surface area contributed by atoms with E-state index in [-0.39, 0.29) is 0 Å². The van der Waals surface area contributed by atoms with E-state index in [1.807, 2.05) is 80.7 Å². The van der Waals surface area contributed by atoms with Crippen LogP contribution in [0.5, 0.6) is 0 Å². The third kappa shape index (κ3) is 3.94. The van der Waals surface area contributed by atoms with E-state index in [2.05, 4.69) is 41.0 Å². The molecule has 0 fully saturated rings. The number of aryl methyl sites for hydroxylation is 1. The average molecular weight is 377 g/mol. The van der Waals surface area contributed by atoms with Crippen molar-refractivity contribution in [1.82, 2.24) is 14.5 Å². The highest BCUT2D eigenvalue weighted by Gasteiger charge is 2.16. The van der Waals surface area contributed by atoms with Gasteiger partial charge in [-0.15, -0.1) is 0 Å². The summed E-state index contributed by atoms with van der Waals surface area (Å²) in [7, 11) is 0. The third-order valence-corrected chi connectivity index (χ3v) is 4.77. The van der Waals surface area contributed by atoms with Crippen LogP contribution in [0.1, 0.15) is 18.3 Å². The van der Waals surface area contributed by atoms with Crippen molar-refractivity contribution >= 4 is 6.08 Å². The smallest absolute Gasteiger partial charge is 0.164 e. The van der Waals surface area contributed by atoms with Gasteiger partial charge in [-0.3, -0.25) is 9.55 Å². The number of imidazole rings is 1. The highest BCUT2D eigenvalue weighted by atomic mass is 15.1. The van der Waals surface area contributed by atoms with Crippen molar-refractivity contribution in [3.8, 4) is 28.3 Å². The van der Waals surface area contributed by atoms with Crippen LogP contribution in [0.2, 0.25) is 0 Å². The van der Waals surface area contributed by atoms with Gasteiger partial charge in [0.25, 0.3) is 0 Å². The molecule has 0 spiro atoms. The summed E-state index contributed by atoms with van der Waals surface area (Å²) >= 11 is 0. The van der Waals surface area contributed by atoms with Gasteiger partial charge in [0.1, 0.15) is 5.69 Å². The van der Waals surface area contributed by atoms with Gasteiger partial charge in [0.05, 0.1) is 11.4 Å². The topological polar surface area (TPSA) is 30.7 Å². The summed E-state index contributed by atoms with van der Waals surface area (Å²) in [4.78, 5) is 9.60. The highest BCUT2D eigenvalue weighted by Crippen LogP contribution is 2.28. The summed E-state index contributed by atoms with van der Waals surface area (Å²) in [6.07, 6.45) is 10.1. The van der Waals surface area contributed by atoms with Gasteiger partial charge >= 0.3 is 0 Å². The molecule has 3 nitrogen and oxygen atoms in total. The molecule has 0 unspecified atom stereocenters. The lowest BCUT2D eigenvalue weighted by atomic mass is 10.1. The van der Waals surface area contributed by atoms with Gasteiger partial charge in [-0.25, -0.2) is 4.98 Å². The number of hydrogen-bond donors (Lipinski definition) is 0. The second-order valence-electron chi connectivity index (χ2n) is 6.76. The first kappa shape index (κ1) is 18.6. The van der Waals surface area contributed by atoms with Crippen molar-refractivity contribution in [2.45, 2.75) is 13.8 Å². The van der Waals surface area contributed by atoms with Crippen LogP contribution in [0.3, 0.4) is 0 Å². The molecule has 4 aromatic rings. The zero-order chi connectivity index (χ0) is 20.1. The number of para-hydroxylation sites is 1. The Bertz CT molecular complexity index is 1140. The van der Waals surface area contributed by atoms with Crippen molar-refractivity contribution in [3.05, 3.63) is 109 Å². The Labute approximate surface area is 171 Å². The lowest BCUT2D eigenvalue weighted by molar-refractivity contribution is 1.04. The Morgan fingerprint density at radius 1 is 0.793 bits per heavy atom. The second kappa shape index (κ2) is 8.53. The molecule has 0 N–H and O–H groups in total. The van der Waals surface area contributed by atoms with Crippen molar-refractivity contribution < 1.29 is 0 Å². The zero-order valence-corrected chi connectivity index (χ0v) is 16.7. The Morgan fingerprint density at radius 3 is 2.17 bits per heavy atom. The molecule has 0 bridgehead atoms. The number of hydrogen-bond acceptors (Lipinski definition) is 2. The summed E-state index contributed by atoms with van der Waals surface area (Å²) in [5.74, 6) is 0.841. The molecule has 0 aliphatic rings. The molecule has 0 atom stereocenters. The molecular weight excluding hydrogens is 354 g/mol. The Balaban J connectivity index is 1.82. The van der Waals surface area contributed by atoms with Crippen LogP contribution in [0, 0.1) is 6.92 Å². The molecular formula is C26H23N3. The largest absolute Gasteiger partial charge is 0.291 e. The summed E-state index contributed by atoms with van der Waals surface area (Å²) < 4.78 is 2.17. The molecule has 3 heteroatoms. The van der Waals surface area contributed by atoms with E-state index in [4.69, 9.17) is 9.97 Å². The van der Waals surface area contributed by atoms with Crippen molar-refractivity contribution in [1.29, 1.82) is 0 Å². The number of rotatable bonds is 5. The van der Waals surface area contributed by atoms with E-state index in [9.17, 15) is 0 Å². The predicted molar refractivity (Wildman–Crippen MR) is 121 cm³/mol. The molecule has 29 heavy (non-hydrogen) atoms. The predicted octanol–water partition coefficient (Wildman–Crippen LogP) is 6.50. The second-order valence-corrected chi connectivity index (χ2v) is 6.76. The van der Waals surface area contributed by atoms with Gasteiger partial charge in [0.2, 0.25) is 0 Å². The fraction of sp³-hybridized carbons (Fsp3) is 0.0769. The van der Waals surface area contributed by atoms with Gasteiger partial charge < -0.3 is 0 Å². The fourth-order valence-electron chi connectivity index (χ4n) is 3.33. The zero-order valence-electron chi connectivity index (χ0n) is 16.7. The van der Waals surface area contributed by atoms with Gasteiger partial charge in [-0.1, -0.05) is 72.8 Å². The minimum atomic E-state index is 0.841. The first-order valence-corrected chi connectivity index (χ1v) is 9.74. The molecule has 0 saturated heterocycles. The fourth-order valence-corrected chi connectivity index (χ4v) is 3.33. The van der Waals surface area contributed by atoms with Crippen LogP contribution in [0.15, 0.2) is 97.2 Å². The molecule has 4 rings (SSSR count). The molecule has 0 amide bonds. The van der Waals surface area contributed by atoms with Crippen LogP contribution in [-0.2, 0) is 0 Å². The normalized spacial score (nSPS) is 11.5. The Morgan fingerprint density at radius 2 is 1.52 bits per heavy atom. The van der Waals surface area contributed by atoms with Crippen molar-refractivity contribution in [2.24, 2.45) is 0 Å². The van der Waals surface area contributed by atoms with Crippen LogP contribution < -0.4 is 0 Å². The van der Waals surface area contributed by atoms with Gasteiger partial charge in [-0.2, -0.15) is 0 Å². The first-order chi connectivity index (χ1) is 14.3. The van der Waals surface area contributed by atoms with E-state index in [1.54, 1.807) is 0 Å². The number of aromatic nitrogens is 3. The van der Waals surface area contributed by atoms with Crippen molar-refractivity contribution in [2.75, 3.05) is 0 Å². The lowest BCUT2D eigenvalue weighted by Gasteiger charge is -2.11. The lowest BCUT2D eigenvalue weighted by Crippen LogP contribution is -2.01. The number of nitrogens with zero attached hydrogens (tertiary/aromatic N) is 3. The Hall–Kier alpha value is -3.72.